The van der Waals surface area contributed by atoms with Crippen LogP contribution in [0.15, 0.2) is 17.0 Å². The number of halogens is 1. The van der Waals surface area contributed by atoms with E-state index >= 15 is 0 Å². The van der Waals surface area contributed by atoms with Crippen LogP contribution in [0.4, 0.5) is 4.39 Å². The van der Waals surface area contributed by atoms with Crippen molar-refractivity contribution in [2.24, 2.45) is 5.92 Å². The molecule has 2 N–H and O–H groups in total. The first kappa shape index (κ1) is 15.9. The Morgan fingerprint density at radius 3 is 2.67 bits per heavy atom. The highest BCUT2D eigenvalue weighted by atomic mass is 32.2. The highest BCUT2D eigenvalue weighted by molar-refractivity contribution is 7.89. The first-order valence-electron chi connectivity index (χ1n) is 6.41. The van der Waals surface area contributed by atoms with Gasteiger partial charge in [-0.2, -0.15) is 4.31 Å². The Bertz CT molecular complexity index is 673. The van der Waals surface area contributed by atoms with Crippen LogP contribution in [0, 0.1) is 18.7 Å². The number of hydrogen-bond acceptors (Lipinski definition) is 4. The zero-order valence-electron chi connectivity index (χ0n) is 11.4. The van der Waals surface area contributed by atoms with Gasteiger partial charge in [0.1, 0.15) is 5.82 Å². The lowest BCUT2D eigenvalue weighted by atomic mass is 10.1. The Kier molecular flexibility index (Phi) is 4.31. The van der Waals surface area contributed by atoms with Crippen molar-refractivity contribution in [3.05, 3.63) is 29.1 Å². The minimum absolute atomic E-state index is 0.0358. The number of carbonyl (C=O) groups is 1. The second-order valence-corrected chi connectivity index (χ2v) is 7.05. The van der Waals surface area contributed by atoms with E-state index in [9.17, 15) is 17.6 Å². The van der Waals surface area contributed by atoms with E-state index in [1.54, 1.807) is 0 Å². The van der Waals surface area contributed by atoms with Crippen LogP contribution in [-0.4, -0.2) is 48.6 Å². The molecule has 0 saturated carbocycles. The summed E-state index contributed by atoms with van der Waals surface area (Å²) in [6.07, 6.45) is 0.543. The molecular weight excluding hydrogens is 301 g/mol. The van der Waals surface area contributed by atoms with Crippen LogP contribution >= 0.6 is 0 Å². The number of rotatable bonds is 4. The average molecular weight is 317 g/mol. The zero-order valence-corrected chi connectivity index (χ0v) is 12.2. The van der Waals surface area contributed by atoms with Gasteiger partial charge in [0.05, 0.1) is 10.5 Å². The molecule has 8 heteroatoms. The van der Waals surface area contributed by atoms with Gasteiger partial charge in [-0.3, -0.25) is 0 Å². The van der Waals surface area contributed by atoms with Crippen molar-refractivity contribution < 1.29 is 27.8 Å². The fourth-order valence-corrected chi connectivity index (χ4v) is 4.00. The third kappa shape index (κ3) is 2.92. The average Bonchev–Trinajstić information content (AvgIpc) is 2.90. The quantitative estimate of drug-likeness (QED) is 0.858. The van der Waals surface area contributed by atoms with Gasteiger partial charge in [-0.1, -0.05) is 0 Å². The van der Waals surface area contributed by atoms with Gasteiger partial charge >= 0.3 is 5.97 Å². The summed E-state index contributed by atoms with van der Waals surface area (Å²) in [4.78, 5) is 10.8. The largest absolute Gasteiger partial charge is 0.478 e. The highest BCUT2D eigenvalue weighted by Crippen LogP contribution is 2.26. The van der Waals surface area contributed by atoms with Crippen molar-refractivity contribution in [2.45, 2.75) is 18.2 Å². The molecule has 0 bridgehead atoms. The number of aliphatic hydroxyl groups excluding tert-OH is 1. The number of aromatic carboxylic acids is 1. The fourth-order valence-electron chi connectivity index (χ4n) is 2.35. The standard InChI is InChI=1S/C13H16FNO5S/c1-8-4-10(5-11(12(8)14)13(17)18)21(19,20)15-3-2-9(6-15)7-16/h4-5,9,16H,2-3,6-7H2,1H3,(H,17,18). The van der Waals surface area contributed by atoms with Crippen LogP contribution in [0.3, 0.4) is 0 Å². The number of carboxylic acid groups (broad SMARTS) is 1. The van der Waals surface area contributed by atoms with Crippen molar-refractivity contribution >= 4 is 16.0 Å². The molecule has 6 nitrogen and oxygen atoms in total. The maximum Gasteiger partial charge on any atom is 0.338 e. The number of nitrogens with zero attached hydrogens (tertiary/aromatic N) is 1. The maximum absolute atomic E-state index is 13.7. The van der Waals surface area contributed by atoms with Gasteiger partial charge in [-0.25, -0.2) is 17.6 Å². The van der Waals surface area contributed by atoms with Gasteiger partial charge in [0, 0.05) is 19.7 Å². The molecule has 1 aromatic rings. The lowest BCUT2D eigenvalue weighted by Crippen LogP contribution is -2.29. The summed E-state index contributed by atoms with van der Waals surface area (Å²) in [5.74, 6) is -2.57. The first-order chi connectivity index (χ1) is 9.77. The van der Waals surface area contributed by atoms with Crippen molar-refractivity contribution in [1.82, 2.24) is 4.31 Å². The van der Waals surface area contributed by atoms with E-state index in [0.717, 1.165) is 12.1 Å². The van der Waals surface area contributed by atoms with Crippen molar-refractivity contribution in [1.29, 1.82) is 0 Å². The van der Waals surface area contributed by atoms with Gasteiger partial charge in [-0.15, -0.1) is 0 Å². The Hall–Kier alpha value is -1.51. The number of carboxylic acids is 1. The second kappa shape index (κ2) is 5.70. The van der Waals surface area contributed by atoms with Gasteiger partial charge in [0.2, 0.25) is 10.0 Å². The van der Waals surface area contributed by atoms with Crippen LogP contribution in [-0.2, 0) is 10.0 Å². The third-order valence-corrected chi connectivity index (χ3v) is 5.45. The van der Waals surface area contributed by atoms with E-state index in [2.05, 4.69) is 0 Å². The smallest absolute Gasteiger partial charge is 0.338 e. The minimum atomic E-state index is -3.88. The van der Waals surface area contributed by atoms with Gasteiger partial charge in [0.15, 0.2) is 0 Å². The number of hydrogen-bond donors (Lipinski definition) is 2. The van der Waals surface area contributed by atoms with Crippen molar-refractivity contribution in [3.8, 4) is 0 Å². The monoisotopic (exact) mass is 317 g/mol. The Labute approximate surface area is 121 Å². The molecule has 2 rings (SSSR count). The molecule has 0 radical (unpaired) electrons. The number of aryl methyl sites for hydroxylation is 1. The molecule has 116 valence electrons. The maximum atomic E-state index is 13.7. The molecule has 1 aromatic carbocycles. The van der Waals surface area contributed by atoms with Gasteiger partial charge in [0.25, 0.3) is 0 Å². The lowest BCUT2D eigenvalue weighted by Gasteiger charge is -2.17. The summed E-state index contributed by atoms with van der Waals surface area (Å²) in [5, 5.41) is 18.0. The molecule has 1 aliphatic rings. The summed E-state index contributed by atoms with van der Waals surface area (Å²) in [6, 6.07) is 1.97. The summed E-state index contributed by atoms with van der Waals surface area (Å²) in [5.41, 5.74) is -0.696. The Morgan fingerprint density at radius 1 is 1.48 bits per heavy atom. The summed E-state index contributed by atoms with van der Waals surface area (Å²) in [7, 11) is -3.88. The second-order valence-electron chi connectivity index (χ2n) is 5.11. The first-order valence-corrected chi connectivity index (χ1v) is 7.85. The van der Waals surface area contributed by atoms with E-state index < -0.39 is 27.4 Å². The molecule has 1 saturated heterocycles. The van der Waals surface area contributed by atoms with E-state index in [0.29, 0.717) is 6.42 Å². The normalized spacial score (nSPS) is 19.9. The molecule has 0 spiro atoms. The van der Waals surface area contributed by atoms with Gasteiger partial charge < -0.3 is 10.2 Å². The van der Waals surface area contributed by atoms with Crippen molar-refractivity contribution in [3.63, 3.8) is 0 Å². The Balaban J connectivity index is 2.44. The molecule has 1 unspecified atom stereocenters. The van der Waals surface area contributed by atoms with Crippen molar-refractivity contribution in [2.75, 3.05) is 19.7 Å². The number of sulfonamides is 1. The van der Waals surface area contributed by atoms with Crippen LogP contribution in [0.25, 0.3) is 0 Å². The molecule has 1 fully saturated rings. The SMILES string of the molecule is Cc1cc(S(=O)(=O)N2CCC(CO)C2)cc(C(=O)O)c1F. The summed E-state index contributed by atoms with van der Waals surface area (Å²) >= 11 is 0. The summed E-state index contributed by atoms with van der Waals surface area (Å²) in [6.45, 7) is 1.65. The molecule has 1 aliphatic heterocycles. The lowest BCUT2D eigenvalue weighted by molar-refractivity contribution is 0.0691. The van der Waals surface area contributed by atoms with Crippen LogP contribution in [0.1, 0.15) is 22.3 Å². The molecule has 0 amide bonds. The molecule has 21 heavy (non-hydrogen) atoms. The minimum Gasteiger partial charge on any atom is -0.478 e. The third-order valence-electron chi connectivity index (χ3n) is 3.60. The fraction of sp³-hybridized carbons (Fsp3) is 0.462. The predicted molar refractivity (Wildman–Crippen MR) is 72.0 cm³/mol. The predicted octanol–water partition coefficient (Wildman–Crippen LogP) is 0.835. The van der Waals surface area contributed by atoms with E-state index in [1.807, 2.05) is 0 Å². The van der Waals surface area contributed by atoms with E-state index in [-0.39, 0.29) is 36.1 Å². The van der Waals surface area contributed by atoms with E-state index in [4.69, 9.17) is 10.2 Å². The van der Waals surface area contributed by atoms with Crippen LogP contribution in [0.2, 0.25) is 0 Å². The zero-order chi connectivity index (χ0) is 15.8. The summed E-state index contributed by atoms with van der Waals surface area (Å²) < 4.78 is 39.8. The molecule has 0 aliphatic carbocycles. The molecule has 1 heterocycles. The molecular formula is C13H16FNO5S. The highest BCUT2D eigenvalue weighted by Gasteiger charge is 2.33. The molecule has 1 atom stereocenters. The van der Waals surface area contributed by atoms with Gasteiger partial charge in [-0.05, 0) is 37.0 Å². The van der Waals surface area contributed by atoms with E-state index in [1.165, 1.54) is 11.2 Å². The topological polar surface area (TPSA) is 94.9 Å². The Morgan fingerprint density at radius 2 is 2.14 bits per heavy atom. The number of benzene rings is 1. The molecule has 0 aromatic heterocycles. The number of aliphatic hydroxyl groups is 1. The van der Waals surface area contributed by atoms with Crippen LogP contribution < -0.4 is 0 Å². The van der Waals surface area contributed by atoms with Crippen LogP contribution in [0.5, 0.6) is 0 Å².